The summed E-state index contributed by atoms with van der Waals surface area (Å²) in [6.07, 6.45) is 1.97. The number of carbonyl (C=O) groups is 1. The average molecular weight is 290 g/mol. The Bertz CT molecular complexity index is 601. The maximum atomic E-state index is 13.6. The van der Waals surface area contributed by atoms with Crippen LogP contribution in [0.15, 0.2) is 53.4 Å². The van der Waals surface area contributed by atoms with Crippen molar-refractivity contribution in [3.63, 3.8) is 0 Å². The van der Waals surface area contributed by atoms with Gasteiger partial charge in [0.2, 0.25) is 5.91 Å². The first-order valence-corrected chi connectivity index (χ1v) is 7.28. The van der Waals surface area contributed by atoms with Crippen molar-refractivity contribution in [1.82, 2.24) is 0 Å². The average Bonchev–Trinajstić information content (AvgIpc) is 2.46. The van der Waals surface area contributed by atoms with Gasteiger partial charge in [0.05, 0.1) is 5.69 Å². The number of amides is 1. The van der Waals surface area contributed by atoms with Crippen LogP contribution in [0.25, 0.3) is 0 Å². The summed E-state index contributed by atoms with van der Waals surface area (Å²) in [6, 6.07) is 12.9. The second-order valence-electron chi connectivity index (χ2n) is 4.23. The minimum atomic E-state index is -0.761. The van der Waals surface area contributed by atoms with E-state index in [1.54, 1.807) is 30.0 Å². The van der Waals surface area contributed by atoms with Crippen molar-refractivity contribution in [2.45, 2.75) is 10.9 Å². The molecule has 0 bridgehead atoms. The number of primary amides is 1. The molecule has 2 rings (SSSR count). The van der Waals surface area contributed by atoms with Crippen molar-refractivity contribution in [2.75, 3.05) is 11.6 Å². The van der Waals surface area contributed by atoms with Gasteiger partial charge in [-0.2, -0.15) is 0 Å². The number of halogens is 1. The number of benzene rings is 2. The lowest BCUT2D eigenvalue weighted by atomic mass is 10.1. The van der Waals surface area contributed by atoms with Gasteiger partial charge in [-0.1, -0.05) is 24.3 Å². The number of rotatable bonds is 5. The van der Waals surface area contributed by atoms with Crippen molar-refractivity contribution < 1.29 is 9.18 Å². The molecule has 3 nitrogen and oxygen atoms in total. The molecule has 0 heterocycles. The third kappa shape index (κ3) is 3.30. The van der Waals surface area contributed by atoms with Gasteiger partial charge in [-0.05, 0) is 36.1 Å². The van der Waals surface area contributed by atoms with Gasteiger partial charge in [0, 0.05) is 4.90 Å². The summed E-state index contributed by atoms with van der Waals surface area (Å²) in [5, 5.41) is 2.84. The molecule has 20 heavy (non-hydrogen) atoms. The second-order valence-corrected chi connectivity index (χ2v) is 5.11. The number of thioether (sulfide) groups is 1. The van der Waals surface area contributed by atoms with Crippen LogP contribution in [0.3, 0.4) is 0 Å². The summed E-state index contributed by atoms with van der Waals surface area (Å²) in [4.78, 5) is 12.7. The Hall–Kier alpha value is -2.01. The van der Waals surface area contributed by atoms with Crippen LogP contribution < -0.4 is 11.1 Å². The van der Waals surface area contributed by atoms with Gasteiger partial charge in [-0.3, -0.25) is 4.79 Å². The Morgan fingerprint density at radius 3 is 2.40 bits per heavy atom. The molecule has 104 valence electrons. The van der Waals surface area contributed by atoms with Crippen LogP contribution in [0.2, 0.25) is 0 Å². The molecule has 0 aromatic heterocycles. The maximum absolute atomic E-state index is 13.6. The highest BCUT2D eigenvalue weighted by Crippen LogP contribution is 2.23. The molecule has 1 amide bonds. The topological polar surface area (TPSA) is 55.1 Å². The highest BCUT2D eigenvalue weighted by atomic mass is 32.2. The first-order chi connectivity index (χ1) is 9.61. The summed E-state index contributed by atoms with van der Waals surface area (Å²) in [6.45, 7) is 0. The van der Waals surface area contributed by atoms with E-state index in [0.29, 0.717) is 5.56 Å². The minimum absolute atomic E-state index is 0.255. The van der Waals surface area contributed by atoms with E-state index < -0.39 is 17.8 Å². The molecule has 1 unspecified atom stereocenters. The van der Waals surface area contributed by atoms with E-state index in [2.05, 4.69) is 5.32 Å². The van der Waals surface area contributed by atoms with Gasteiger partial charge < -0.3 is 11.1 Å². The molecule has 0 aliphatic rings. The van der Waals surface area contributed by atoms with Gasteiger partial charge in [0.1, 0.15) is 11.9 Å². The molecule has 0 saturated carbocycles. The lowest BCUT2D eigenvalue weighted by molar-refractivity contribution is -0.118. The van der Waals surface area contributed by atoms with Crippen LogP contribution in [0.1, 0.15) is 11.6 Å². The number of carbonyl (C=O) groups excluding carboxylic acids is 1. The second kappa shape index (κ2) is 6.43. The van der Waals surface area contributed by atoms with Crippen LogP contribution in [-0.2, 0) is 4.79 Å². The highest BCUT2D eigenvalue weighted by molar-refractivity contribution is 7.98. The van der Waals surface area contributed by atoms with E-state index in [0.717, 1.165) is 4.90 Å². The summed E-state index contributed by atoms with van der Waals surface area (Å²) in [5.74, 6) is -0.968. The van der Waals surface area contributed by atoms with E-state index in [1.165, 1.54) is 6.07 Å². The molecule has 3 N–H and O–H groups in total. The summed E-state index contributed by atoms with van der Waals surface area (Å²) in [7, 11) is 0. The van der Waals surface area contributed by atoms with Crippen LogP contribution in [0.4, 0.5) is 10.1 Å². The van der Waals surface area contributed by atoms with Gasteiger partial charge >= 0.3 is 0 Å². The van der Waals surface area contributed by atoms with Gasteiger partial charge in [-0.25, -0.2) is 4.39 Å². The zero-order chi connectivity index (χ0) is 14.5. The smallest absolute Gasteiger partial charge is 0.244 e. The van der Waals surface area contributed by atoms with E-state index >= 15 is 0 Å². The van der Waals surface area contributed by atoms with E-state index in [-0.39, 0.29) is 5.69 Å². The number of hydrogen-bond acceptors (Lipinski definition) is 3. The fourth-order valence-electron chi connectivity index (χ4n) is 1.85. The Labute approximate surface area is 121 Å². The zero-order valence-electron chi connectivity index (χ0n) is 11.0. The predicted molar refractivity (Wildman–Crippen MR) is 80.2 cm³/mol. The summed E-state index contributed by atoms with van der Waals surface area (Å²) < 4.78 is 13.6. The normalized spacial score (nSPS) is 11.9. The molecule has 2 aromatic carbocycles. The molecule has 0 aliphatic carbocycles. The van der Waals surface area contributed by atoms with E-state index in [9.17, 15) is 9.18 Å². The third-order valence-corrected chi connectivity index (χ3v) is 3.65. The van der Waals surface area contributed by atoms with Crippen molar-refractivity contribution in [3.8, 4) is 0 Å². The molecule has 5 heteroatoms. The van der Waals surface area contributed by atoms with Crippen LogP contribution >= 0.6 is 11.8 Å². The Balaban J connectivity index is 2.27. The monoisotopic (exact) mass is 290 g/mol. The van der Waals surface area contributed by atoms with Crippen molar-refractivity contribution in [3.05, 3.63) is 59.9 Å². The molecule has 0 radical (unpaired) electrons. The van der Waals surface area contributed by atoms with E-state index in [1.807, 2.05) is 30.5 Å². The number of hydrogen-bond donors (Lipinski definition) is 2. The fourth-order valence-corrected chi connectivity index (χ4v) is 2.26. The van der Waals surface area contributed by atoms with E-state index in [4.69, 9.17) is 5.73 Å². The molecule has 0 spiro atoms. The minimum Gasteiger partial charge on any atom is -0.368 e. The first kappa shape index (κ1) is 14.4. The van der Waals surface area contributed by atoms with Crippen molar-refractivity contribution >= 4 is 23.4 Å². The van der Waals surface area contributed by atoms with Crippen molar-refractivity contribution in [2.24, 2.45) is 5.73 Å². The predicted octanol–water partition coefficient (Wildman–Crippen LogP) is 3.19. The molecule has 0 fully saturated rings. The Morgan fingerprint density at radius 2 is 1.85 bits per heavy atom. The number of anilines is 1. The Kier molecular flexibility index (Phi) is 4.63. The molecule has 2 aromatic rings. The van der Waals surface area contributed by atoms with Crippen LogP contribution in [-0.4, -0.2) is 12.2 Å². The lowest BCUT2D eigenvalue weighted by Gasteiger charge is -2.17. The molecule has 1 atom stereocenters. The number of nitrogens with two attached hydrogens (primary N) is 1. The highest BCUT2D eigenvalue weighted by Gasteiger charge is 2.18. The molecule has 0 aliphatic heterocycles. The fraction of sp³-hybridized carbons (Fsp3) is 0.133. The molecule has 0 saturated heterocycles. The summed E-state index contributed by atoms with van der Waals surface area (Å²) >= 11 is 1.61. The SMILES string of the molecule is CSc1ccc(C(Nc2ccccc2F)C(N)=O)cc1. The van der Waals surface area contributed by atoms with Crippen LogP contribution in [0, 0.1) is 5.82 Å². The van der Waals surface area contributed by atoms with Gasteiger partial charge in [0.25, 0.3) is 0 Å². The first-order valence-electron chi connectivity index (χ1n) is 6.06. The number of para-hydroxylation sites is 1. The standard InChI is InChI=1S/C15H15FN2OS/c1-20-11-8-6-10(7-9-11)14(15(17)19)18-13-5-3-2-4-12(13)16/h2-9,14,18H,1H3,(H2,17,19). The quantitative estimate of drug-likeness (QED) is 0.832. The largest absolute Gasteiger partial charge is 0.368 e. The van der Waals surface area contributed by atoms with Crippen molar-refractivity contribution in [1.29, 1.82) is 0 Å². The third-order valence-electron chi connectivity index (χ3n) is 2.91. The molecular formula is C15H15FN2OS. The molecular weight excluding hydrogens is 275 g/mol. The van der Waals surface area contributed by atoms with Gasteiger partial charge in [0.15, 0.2) is 0 Å². The van der Waals surface area contributed by atoms with Crippen LogP contribution in [0.5, 0.6) is 0 Å². The Morgan fingerprint density at radius 1 is 1.20 bits per heavy atom. The number of nitrogens with one attached hydrogen (secondary N) is 1. The zero-order valence-corrected chi connectivity index (χ0v) is 11.8. The van der Waals surface area contributed by atoms with Gasteiger partial charge in [-0.15, -0.1) is 11.8 Å². The summed E-state index contributed by atoms with van der Waals surface area (Å²) in [5.41, 5.74) is 6.37. The maximum Gasteiger partial charge on any atom is 0.244 e. The lowest BCUT2D eigenvalue weighted by Crippen LogP contribution is -2.28.